The highest BCUT2D eigenvalue weighted by molar-refractivity contribution is 6.42. The molecule has 2 unspecified atom stereocenters. The minimum atomic E-state index is -0.894. The molecule has 3 rings (SSSR count). The summed E-state index contributed by atoms with van der Waals surface area (Å²) in [6.45, 7) is 8.28. The zero-order chi connectivity index (χ0) is 17.6. The van der Waals surface area contributed by atoms with Crippen molar-refractivity contribution in [3.05, 3.63) is 71.8 Å². The molecule has 0 N–H and O–H groups in total. The van der Waals surface area contributed by atoms with Gasteiger partial charge in [0.05, 0.1) is 5.41 Å². The highest BCUT2D eigenvalue weighted by Gasteiger charge is 2.64. The Labute approximate surface area is 143 Å². The van der Waals surface area contributed by atoms with Crippen LogP contribution >= 0.6 is 0 Å². The maximum Gasteiger partial charge on any atom is 0.209 e. The van der Waals surface area contributed by atoms with Crippen LogP contribution in [0.3, 0.4) is 0 Å². The fourth-order valence-corrected chi connectivity index (χ4v) is 4.48. The van der Waals surface area contributed by atoms with Crippen LogP contribution in [0.25, 0.3) is 0 Å². The first kappa shape index (κ1) is 16.6. The summed E-state index contributed by atoms with van der Waals surface area (Å²) in [6.07, 6.45) is 0.277. The molecule has 0 spiro atoms. The van der Waals surface area contributed by atoms with E-state index in [4.69, 9.17) is 0 Å². The average molecular weight is 320 g/mol. The Kier molecular flexibility index (Phi) is 3.75. The second-order valence-corrected chi connectivity index (χ2v) is 7.80. The Morgan fingerprint density at radius 2 is 1.17 bits per heavy atom. The first-order chi connectivity index (χ1) is 11.2. The van der Waals surface area contributed by atoms with Crippen molar-refractivity contribution in [3.63, 3.8) is 0 Å². The first-order valence-corrected chi connectivity index (χ1v) is 8.44. The fraction of sp³-hybridized carbons (Fsp3) is 0.364. The molecule has 0 heterocycles. The Balaban J connectivity index is 2.36. The van der Waals surface area contributed by atoms with Gasteiger partial charge in [0.15, 0.2) is 5.78 Å². The number of rotatable bonds is 2. The predicted octanol–water partition coefficient (Wildman–Crippen LogP) is 4.47. The highest BCUT2D eigenvalue weighted by Crippen LogP contribution is 2.59. The molecule has 0 amide bonds. The van der Waals surface area contributed by atoms with Crippen LogP contribution in [-0.4, -0.2) is 11.6 Å². The molecular weight excluding hydrogens is 296 g/mol. The van der Waals surface area contributed by atoms with Gasteiger partial charge in [0.1, 0.15) is 0 Å². The third kappa shape index (κ3) is 2.02. The third-order valence-electron chi connectivity index (χ3n) is 6.37. The molecule has 0 radical (unpaired) electrons. The molecule has 1 fully saturated rings. The summed E-state index contributed by atoms with van der Waals surface area (Å²) in [5.74, 6) is -0.542. The molecule has 2 atom stereocenters. The summed E-state index contributed by atoms with van der Waals surface area (Å²) in [5.41, 5.74) is 0.274. The number of hydrogen-bond donors (Lipinski definition) is 0. The number of hydrogen-bond acceptors (Lipinski definition) is 2. The van der Waals surface area contributed by atoms with Crippen LogP contribution < -0.4 is 0 Å². The minimum Gasteiger partial charge on any atom is -0.291 e. The van der Waals surface area contributed by atoms with E-state index in [2.05, 4.69) is 32.9 Å². The fourth-order valence-electron chi connectivity index (χ4n) is 4.48. The molecule has 124 valence electrons. The molecule has 2 heteroatoms. The summed E-state index contributed by atoms with van der Waals surface area (Å²) < 4.78 is 0. The van der Waals surface area contributed by atoms with Crippen LogP contribution in [0.15, 0.2) is 60.7 Å². The molecule has 2 nitrogen and oxygen atoms in total. The molecule has 2 aromatic rings. The number of ketones is 2. The van der Waals surface area contributed by atoms with E-state index in [0.29, 0.717) is 0 Å². The lowest BCUT2D eigenvalue weighted by Crippen LogP contribution is -2.64. The number of benzene rings is 2. The Bertz CT molecular complexity index is 776. The monoisotopic (exact) mass is 320 g/mol. The molecule has 1 aliphatic rings. The number of carbonyl (C=O) groups is 2. The molecule has 1 saturated carbocycles. The second-order valence-electron chi connectivity index (χ2n) is 7.80. The van der Waals surface area contributed by atoms with Crippen molar-refractivity contribution < 1.29 is 9.59 Å². The minimum absolute atomic E-state index is 0.264. The van der Waals surface area contributed by atoms with Gasteiger partial charge in [0.25, 0.3) is 0 Å². The topological polar surface area (TPSA) is 34.1 Å². The highest BCUT2D eigenvalue weighted by atomic mass is 16.2. The summed E-state index contributed by atoms with van der Waals surface area (Å²) >= 11 is 0. The van der Waals surface area contributed by atoms with Crippen molar-refractivity contribution in [2.24, 2.45) is 5.41 Å². The van der Waals surface area contributed by atoms with Crippen molar-refractivity contribution in [3.8, 4) is 0 Å². The molecule has 1 aliphatic carbocycles. The van der Waals surface area contributed by atoms with Gasteiger partial charge in [-0.3, -0.25) is 9.59 Å². The van der Waals surface area contributed by atoms with Gasteiger partial charge in [-0.2, -0.15) is 0 Å². The van der Waals surface area contributed by atoms with E-state index >= 15 is 0 Å². The lowest BCUT2D eigenvalue weighted by molar-refractivity contribution is -0.150. The van der Waals surface area contributed by atoms with Gasteiger partial charge in [-0.1, -0.05) is 81.4 Å². The third-order valence-corrected chi connectivity index (χ3v) is 6.37. The average Bonchev–Trinajstić information content (AvgIpc) is 2.59. The predicted molar refractivity (Wildman–Crippen MR) is 96.0 cm³/mol. The zero-order valence-electron chi connectivity index (χ0n) is 14.8. The summed E-state index contributed by atoms with van der Waals surface area (Å²) in [5, 5.41) is 0. The van der Waals surface area contributed by atoms with Crippen molar-refractivity contribution in [2.75, 3.05) is 0 Å². The lowest BCUT2D eigenvalue weighted by Gasteiger charge is -2.58. The van der Waals surface area contributed by atoms with Gasteiger partial charge in [-0.15, -0.1) is 0 Å². The van der Waals surface area contributed by atoms with Crippen molar-refractivity contribution in [1.82, 2.24) is 0 Å². The standard InChI is InChI=1S/C22H24O2/c1-20(2)15-18(23)19(24)21(3,16-11-7-5-8-12-16)22(20,4)17-13-9-6-10-14-17/h5-14H,15H2,1-4H3. The van der Waals surface area contributed by atoms with Gasteiger partial charge in [-0.05, 0) is 23.5 Å². The van der Waals surface area contributed by atoms with Crippen molar-refractivity contribution >= 4 is 11.6 Å². The van der Waals surface area contributed by atoms with Gasteiger partial charge in [0.2, 0.25) is 5.78 Å². The van der Waals surface area contributed by atoms with E-state index in [0.717, 1.165) is 11.1 Å². The second kappa shape index (κ2) is 5.41. The summed E-state index contributed by atoms with van der Waals surface area (Å²) in [7, 11) is 0. The van der Waals surface area contributed by atoms with Gasteiger partial charge in [-0.25, -0.2) is 0 Å². The Morgan fingerprint density at radius 1 is 0.708 bits per heavy atom. The van der Waals surface area contributed by atoms with Gasteiger partial charge in [0, 0.05) is 11.8 Å². The van der Waals surface area contributed by atoms with Crippen LogP contribution in [-0.2, 0) is 20.4 Å². The zero-order valence-corrected chi connectivity index (χ0v) is 14.8. The van der Waals surface area contributed by atoms with E-state index in [1.54, 1.807) is 0 Å². The maximum absolute atomic E-state index is 13.2. The van der Waals surface area contributed by atoms with Crippen LogP contribution in [0.1, 0.15) is 45.2 Å². The molecule has 0 aliphatic heterocycles. The smallest absolute Gasteiger partial charge is 0.209 e. The van der Waals surface area contributed by atoms with E-state index in [1.165, 1.54) is 0 Å². The van der Waals surface area contributed by atoms with E-state index in [9.17, 15) is 9.59 Å². The SMILES string of the molecule is CC1(C)CC(=O)C(=O)C(C)(c2ccccc2)C1(C)c1ccccc1. The number of Topliss-reactive ketones (excluding diaryl/α,β-unsaturated/α-hetero) is 2. The normalized spacial score (nSPS) is 29.5. The molecule has 0 saturated heterocycles. The summed E-state index contributed by atoms with van der Waals surface area (Å²) in [6, 6.07) is 19.9. The lowest BCUT2D eigenvalue weighted by atomic mass is 9.43. The first-order valence-electron chi connectivity index (χ1n) is 8.44. The van der Waals surface area contributed by atoms with E-state index in [-0.39, 0.29) is 23.4 Å². The van der Waals surface area contributed by atoms with E-state index < -0.39 is 10.8 Å². The van der Waals surface area contributed by atoms with Gasteiger partial charge >= 0.3 is 0 Å². The molecular formula is C22H24O2. The maximum atomic E-state index is 13.2. The quantitative estimate of drug-likeness (QED) is 0.765. The Hall–Kier alpha value is -2.22. The Morgan fingerprint density at radius 3 is 1.67 bits per heavy atom. The molecule has 24 heavy (non-hydrogen) atoms. The van der Waals surface area contributed by atoms with Crippen LogP contribution in [0.4, 0.5) is 0 Å². The van der Waals surface area contributed by atoms with Crippen LogP contribution in [0, 0.1) is 5.41 Å². The van der Waals surface area contributed by atoms with Gasteiger partial charge < -0.3 is 0 Å². The summed E-state index contributed by atoms with van der Waals surface area (Å²) in [4.78, 5) is 25.7. The van der Waals surface area contributed by atoms with Crippen molar-refractivity contribution in [2.45, 2.75) is 44.9 Å². The molecule has 0 aromatic heterocycles. The van der Waals surface area contributed by atoms with Crippen LogP contribution in [0.5, 0.6) is 0 Å². The number of carbonyl (C=O) groups excluding carboxylic acids is 2. The largest absolute Gasteiger partial charge is 0.291 e. The van der Waals surface area contributed by atoms with Crippen molar-refractivity contribution in [1.29, 1.82) is 0 Å². The molecule has 0 bridgehead atoms. The van der Waals surface area contributed by atoms with E-state index in [1.807, 2.05) is 55.5 Å². The van der Waals surface area contributed by atoms with Crippen LogP contribution in [0.2, 0.25) is 0 Å². The molecule has 2 aromatic carbocycles.